The Hall–Kier alpha value is -0.0800. The number of nitrogens with one attached hydrogen (secondary N) is 1. The van der Waals surface area contributed by atoms with E-state index in [-0.39, 0.29) is 0 Å². The predicted octanol–water partition coefficient (Wildman–Crippen LogP) is 4.06. The van der Waals surface area contributed by atoms with Gasteiger partial charge in [-0.2, -0.15) is 0 Å². The van der Waals surface area contributed by atoms with Crippen molar-refractivity contribution in [2.24, 2.45) is 5.41 Å². The van der Waals surface area contributed by atoms with E-state index in [1.165, 1.54) is 51.6 Å². The highest BCUT2D eigenvalue weighted by Gasteiger charge is 2.26. The van der Waals surface area contributed by atoms with Crippen LogP contribution in [0.4, 0.5) is 0 Å². The van der Waals surface area contributed by atoms with Gasteiger partial charge in [-0.05, 0) is 50.7 Å². The average Bonchev–Trinajstić information content (AvgIpc) is 2.57. The highest BCUT2D eigenvalue weighted by Crippen LogP contribution is 2.24. The molecule has 0 amide bonds. The first kappa shape index (κ1) is 17.0. The van der Waals surface area contributed by atoms with Crippen molar-refractivity contribution in [1.29, 1.82) is 0 Å². The Labute approximate surface area is 121 Å². The first-order valence-electron chi connectivity index (χ1n) is 8.46. The molecular formula is C17H36N2. The summed E-state index contributed by atoms with van der Waals surface area (Å²) in [5.41, 5.74) is 0.365. The summed E-state index contributed by atoms with van der Waals surface area (Å²) in [6, 6.07) is 1.48. The first-order chi connectivity index (χ1) is 8.99. The summed E-state index contributed by atoms with van der Waals surface area (Å²) >= 11 is 0. The van der Waals surface area contributed by atoms with Crippen molar-refractivity contribution in [3.8, 4) is 0 Å². The van der Waals surface area contributed by atoms with Crippen molar-refractivity contribution in [3.05, 3.63) is 0 Å². The summed E-state index contributed by atoms with van der Waals surface area (Å²) in [5.74, 6) is 0. The van der Waals surface area contributed by atoms with E-state index in [9.17, 15) is 0 Å². The summed E-state index contributed by atoms with van der Waals surface area (Å²) in [4.78, 5) is 2.77. The molecular weight excluding hydrogens is 232 g/mol. The molecule has 0 aromatic carbocycles. The fraction of sp³-hybridized carbons (Fsp3) is 1.00. The van der Waals surface area contributed by atoms with E-state index >= 15 is 0 Å². The third-order valence-corrected chi connectivity index (χ3v) is 4.67. The standard InChI is InChI=1S/C17H36N2/c1-6-15-11-9-8-10-13-19(15)14-12-16(18-7-2)17(3,4)5/h15-16,18H,6-14H2,1-5H3. The van der Waals surface area contributed by atoms with Crippen LogP contribution >= 0.6 is 0 Å². The van der Waals surface area contributed by atoms with Crippen LogP contribution in [-0.4, -0.2) is 36.6 Å². The SMILES string of the molecule is CCNC(CCN1CCCCCC1CC)C(C)(C)C. The van der Waals surface area contributed by atoms with Gasteiger partial charge in [-0.3, -0.25) is 0 Å². The second-order valence-corrected chi connectivity index (χ2v) is 7.21. The summed E-state index contributed by atoms with van der Waals surface area (Å²) in [6.45, 7) is 15.3. The van der Waals surface area contributed by atoms with Crippen LogP contribution in [0.25, 0.3) is 0 Å². The smallest absolute Gasteiger partial charge is 0.0128 e. The molecule has 1 N–H and O–H groups in total. The molecule has 1 aliphatic heterocycles. The minimum Gasteiger partial charge on any atom is -0.314 e. The Bertz CT molecular complexity index is 232. The van der Waals surface area contributed by atoms with E-state index in [0.29, 0.717) is 11.5 Å². The molecule has 0 aromatic rings. The van der Waals surface area contributed by atoms with Gasteiger partial charge < -0.3 is 10.2 Å². The van der Waals surface area contributed by atoms with Crippen LogP contribution in [0, 0.1) is 5.41 Å². The van der Waals surface area contributed by atoms with Gasteiger partial charge in [-0.15, -0.1) is 0 Å². The maximum absolute atomic E-state index is 3.68. The molecule has 114 valence electrons. The quantitative estimate of drug-likeness (QED) is 0.781. The van der Waals surface area contributed by atoms with E-state index in [2.05, 4.69) is 44.8 Å². The van der Waals surface area contributed by atoms with Crippen molar-refractivity contribution >= 4 is 0 Å². The normalized spacial score (nSPS) is 24.2. The fourth-order valence-electron chi connectivity index (χ4n) is 3.38. The number of likely N-dealkylation sites (tertiary alicyclic amines) is 1. The Balaban J connectivity index is 2.51. The van der Waals surface area contributed by atoms with Crippen LogP contribution in [0.1, 0.15) is 73.1 Å². The largest absolute Gasteiger partial charge is 0.314 e. The van der Waals surface area contributed by atoms with E-state index in [1.807, 2.05) is 0 Å². The Kier molecular flexibility index (Phi) is 7.38. The minimum absolute atomic E-state index is 0.365. The summed E-state index contributed by atoms with van der Waals surface area (Å²) < 4.78 is 0. The number of rotatable bonds is 6. The Morgan fingerprint density at radius 2 is 1.89 bits per heavy atom. The lowest BCUT2D eigenvalue weighted by Crippen LogP contribution is -2.44. The van der Waals surface area contributed by atoms with Crippen LogP contribution in [0.5, 0.6) is 0 Å². The summed E-state index contributed by atoms with van der Waals surface area (Å²) in [6.07, 6.45) is 8.29. The van der Waals surface area contributed by atoms with Gasteiger partial charge in [0.25, 0.3) is 0 Å². The number of nitrogens with zero attached hydrogens (tertiary/aromatic N) is 1. The minimum atomic E-state index is 0.365. The highest BCUT2D eigenvalue weighted by molar-refractivity contribution is 4.83. The molecule has 1 rings (SSSR count). The van der Waals surface area contributed by atoms with Gasteiger partial charge in [-0.25, -0.2) is 0 Å². The van der Waals surface area contributed by atoms with Crippen LogP contribution in [0.2, 0.25) is 0 Å². The van der Waals surface area contributed by atoms with E-state index in [0.717, 1.165) is 12.6 Å². The van der Waals surface area contributed by atoms with Gasteiger partial charge in [-0.1, -0.05) is 47.5 Å². The zero-order chi connectivity index (χ0) is 14.3. The zero-order valence-corrected chi connectivity index (χ0v) is 14.0. The van der Waals surface area contributed by atoms with E-state index in [4.69, 9.17) is 0 Å². The molecule has 1 fully saturated rings. The Morgan fingerprint density at radius 1 is 1.16 bits per heavy atom. The van der Waals surface area contributed by atoms with Crippen LogP contribution in [0.3, 0.4) is 0 Å². The number of hydrogen-bond acceptors (Lipinski definition) is 2. The molecule has 0 saturated carbocycles. The molecule has 0 radical (unpaired) electrons. The lowest BCUT2D eigenvalue weighted by Gasteiger charge is -2.35. The third-order valence-electron chi connectivity index (χ3n) is 4.67. The van der Waals surface area contributed by atoms with E-state index in [1.54, 1.807) is 0 Å². The van der Waals surface area contributed by atoms with Crippen LogP contribution in [-0.2, 0) is 0 Å². The van der Waals surface area contributed by atoms with Gasteiger partial charge in [0.05, 0.1) is 0 Å². The molecule has 1 saturated heterocycles. The molecule has 0 aromatic heterocycles. The second kappa shape index (κ2) is 8.26. The van der Waals surface area contributed by atoms with Crippen molar-refractivity contribution in [3.63, 3.8) is 0 Å². The zero-order valence-electron chi connectivity index (χ0n) is 14.0. The summed E-state index contributed by atoms with van der Waals surface area (Å²) in [7, 11) is 0. The molecule has 2 nitrogen and oxygen atoms in total. The first-order valence-corrected chi connectivity index (χ1v) is 8.46. The highest BCUT2D eigenvalue weighted by atomic mass is 15.2. The molecule has 1 heterocycles. The topological polar surface area (TPSA) is 15.3 Å². The van der Waals surface area contributed by atoms with Gasteiger partial charge in [0.15, 0.2) is 0 Å². The van der Waals surface area contributed by atoms with Crippen molar-refractivity contribution in [2.45, 2.75) is 85.2 Å². The van der Waals surface area contributed by atoms with Gasteiger partial charge >= 0.3 is 0 Å². The average molecular weight is 268 g/mol. The monoisotopic (exact) mass is 268 g/mol. The molecule has 1 aliphatic rings. The van der Waals surface area contributed by atoms with Gasteiger partial charge in [0.1, 0.15) is 0 Å². The maximum atomic E-state index is 3.68. The molecule has 0 bridgehead atoms. The van der Waals surface area contributed by atoms with Gasteiger partial charge in [0.2, 0.25) is 0 Å². The maximum Gasteiger partial charge on any atom is 0.0128 e. The van der Waals surface area contributed by atoms with Crippen molar-refractivity contribution in [1.82, 2.24) is 10.2 Å². The molecule has 2 unspecified atom stereocenters. The summed E-state index contributed by atoms with van der Waals surface area (Å²) in [5, 5.41) is 3.68. The molecule has 0 aliphatic carbocycles. The van der Waals surface area contributed by atoms with Gasteiger partial charge in [0, 0.05) is 12.1 Å². The molecule has 19 heavy (non-hydrogen) atoms. The van der Waals surface area contributed by atoms with Crippen LogP contribution < -0.4 is 5.32 Å². The lowest BCUT2D eigenvalue weighted by atomic mass is 9.84. The predicted molar refractivity (Wildman–Crippen MR) is 85.7 cm³/mol. The Morgan fingerprint density at radius 3 is 2.47 bits per heavy atom. The fourth-order valence-corrected chi connectivity index (χ4v) is 3.38. The third kappa shape index (κ3) is 5.83. The van der Waals surface area contributed by atoms with Crippen molar-refractivity contribution < 1.29 is 0 Å². The number of hydrogen-bond donors (Lipinski definition) is 1. The second-order valence-electron chi connectivity index (χ2n) is 7.21. The lowest BCUT2D eigenvalue weighted by molar-refractivity contribution is 0.162. The molecule has 2 heteroatoms. The van der Waals surface area contributed by atoms with E-state index < -0.39 is 0 Å². The van der Waals surface area contributed by atoms with Crippen LogP contribution in [0.15, 0.2) is 0 Å². The molecule has 0 spiro atoms. The molecule has 2 atom stereocenters. The van der Waals surface area contributed by atoms with Crippen molar-refractivity contribution in [2.75, 3.05) is 19.6 Å².